The van der Waals surface area contributed by atoms with Crippen molar-refractivity contribution in [3.8, 4) is 0 Å². The number of rotatable bonds is 7. The summed E-state index contributed by atoms with van der Waals surface area (Å²) in [5.74, 6) is 0. The van der Waals surface area contributed by atoms with Crippen LogP contribution in [0.3, 0.4) is 0 Å². The van der Waals surface area contributed by atoms with Crippen molar-refractivity contribution in [2.24, 2.45) is 11.5 Å². The minimum absolute atomic E-state index is 0.00694. The van der Waals surface area contributed by atoms with Crippen molar-refractivity contribution < 1.29 is 4.74 Å². The van der Waals surface area contributed by atoms with Crippen LogP contribution in [0.25, 0.3) is 0 Å². The van der Waals surface area contributed by atoms with Crippen molar-refractivity contribution >= 4 is 8.80 Å². The highest BCUT2D eigenvalue weighted by atomic mass is 28.3. The van der Waals surface area contributed by atoms with Crippen LogP contribution in [-0.2, 0) is 4.74 Å². The third-order valence-electron chi connectivity index (χ3n) is 2.93. The van der Waals surface area contributed by atoms with Crippen LogP contribution in [0.2, 0.25) is 11.1 Å². The lowest BCUT2D eigenvalue weighted by Crippen LogP contribution is -2.51. The normalized spacial score (nSPS) is 12.9. The Kier molecular flexibility index (Phi) is 6.78. The van der Waals surface area contributed by atoms with E-state index in [1.807, 2.05) is 0 Å². The van der Waals surface area contributed by atoms with Gasteiger partial charge in [0, 0.05) is 13.1 Å². The average molecular weight is 245 g/mol. The molecule has 4 heteroatoms. The van der Waals surface area contributed by atoms with Crippen LogP contribution in [0.4, 0.5) is 0 Å². The van der Waals surface area contributed by atoms with E-state index in [1.165, 1.54) is 0 Å². The second-order valence-electron chi connectivity index (χ2n) is 5.49. The molecule has 0 unspecified atom stereocenters. The minimum Gasteiger partial charge on any atom is -0.341 e. The average Bonchev–Trinajstić information content (AvgIpc) is 2.12. The third kappa shape index (κ3) is 4.53. The van der Waals surface area contributed by atoms with Gasteiger partial charge >= 0.3 is 8.80 Å². The second kappa shape index (κ2) is 6.74. The molecule has 96 valence electrons. The first-order chi connectivity index (χ1) is 7.26. The maximum atomic E-state index is 6.12. The van der Waals surface area contributed by atoms with Gasteiger partial charge in [-0.05, 0) is 41.5 Å². The van der Waals surface area contributed by atoms with Gasteiger partial charge in [-0.3, -0.25) is 0 Å². The Morgan fingerprint density at radius 3 is 1.62 bits per heavy atom. The highest BCUT2D eigenvalue weighted by Crippen LogP contribution is 2.32. The summed E-state index contributed by atoms with van der Waals surface area (Å²) in [7, 11) is -0.603. The highest BCUT2D eigenvalue weighted by Gasteiger charge is 2.51. The molecule has 0 heterocycles. The van der Waals surface area contributed by atoms with Gasteiger partial charge in [-0.25, -0.2) is 0 Å². The van der Waals surface area contributed by atoms with E-state index < -0.39 is 8.80 Å². The maximum Gasteiger partial charge on any atom is 0.356 e. The van der Waals surface area contributed by atoms with Gasteiger partial charge < -0.3 is 16.2 Å². The molecule has 3 nitrogen and oxygen atoms in total. The lowest BCUT2D eigenvalue weighted by molar-refractivity contribution is -0.0163. The van der Waals surface area contributed by atoms with Crippen LogP contribution in [-0.4, -0.2) is 33.2 Å². The third-order valence-corrected chi connectivity index (χ3v) is 6.92. The Labute approximate surface area is 103 Å². The molecule has 4 N–H and O–H groups in total. The summed E-state index contributed by atoms with van der Waals surface area (Å²) in [6.45, 7) is 14.6. The van der Waals surface area contributed by atoms with E-state index in [2.05, 4.69) is 41.5 Å². The lowest BCUT2D eigenvalue weighted by atomic mass is 10.3. The zero-order valence-corrected chi connectivity index (χ0v) is 12.7. The van der Waals surface area contributed by atoms with Crippen LogP contribution in [0, 0.1) is 0 Å². The Morgan fingerprint density at radius 1 is 1.00 bits per heavy atom. The van der Waals surface area contributed by atoms with E-state index in [-0.39, 0.29) is 11.3 Å². The first-order valence-electron chi connectivity index (χ1n) is 6.21. The fourth-order valence-corrected chi connectivity index (χ4v) is 7.15. The van der Waals surface area contributed by atoms with E-state index in [9.17, 15) is 0 Å². The quantitative estimate of drug-likeness (QED) is 0.674. The van der Waals surface area contributed by atoms with Gasteiger partial charge in [-0.2, -0.15) is 0 Å². The first-order valence-corrected chi connectivity index (χ1v) is 7.86. The monoisotopic (exact) mass is 245 g/mol. The van der Waals surface area contributed by atoms with Crippen LogP contribution in [0.15, 0.2) is 0 Å². The zero-order valence-electron chi connectivity index (χ0n) is 11.7. The zero-order chi connectivity index (χ0) is 12.9. The van der Waals surface area contributed by atoms with Gasteiger partial charge in [0.25, 0.3) is 0 Å². The molecule has 0 aliphatic heterocycles. The van der Waals surface area contributed by atoms with Crippen molar-refractivity contribution in [2.45, 2.75) is 64.0 Å². The molecule has 0 fully saturated rings. The summed E-state index contributed by atoms with van der Waals surface area (Å²) in [6.07, 6.45) is -0.00694. The lowest BCUT2D eigenvalue weighted by Gasteiger charge is -2.30. The van der Waals surface area contributed by atoms with Crippen LogP contribution < -0.4 is 11.5 Å². The van der Waals surface area contributed by atoms with E-state index in [1.54, 1.807) is 0 Å². The van der Waals surface area contributed by atoms with Crippen molar-refractivity contribution in [1.82, 2.24) is 0 Å². The molecule has 0 amide bonds. The number of hydrogen-bond acceptors (Lipinski definition) is 3. The maximum absolute atomic E-state index is 6.12. The van der Waals surface area contributed by atoms with Gasteiger partial charge in [0.15, 0.2) is 5.22 Å². The second-order valence-corrected chi connectivity index (χ2v) is 9.91. The van der Waals surface area contributed by atoms with Crippen molar-refractivity contribution in [2.75, 3.05) is 13.1 Å². The largest absolute Gasteiger partial charge is 0.356 e. The predicted molar refractivity (Wildman–Crippen MR) is 73.0 cm³/mol. The Hall–Kier alpha value is 0.0969. The van der Waals surface area contributed by atoms with Gasteiger partial charge in [0.05, 0.1) is 17.2 Å². The topological polar surface area (TPSA) is 61.3 Å². The summed E-state index contributed by atoms with van der Waals surface area (Å²) < 4.78 is 6.12. The Morgan fingerprint density at radius 2 is 1.38 bits per heavy atom. The van der Waals surface area contributed by atoms with Gasteiger partial charge in [-0.1, -0.05) is 0 Å². The summed E-state index contributed by atoms with van der Waals surface area (Å²) in [4.78, 5) is 0. The van der Waals surface area contributed by atoms with E-state index >= 15 is 0 Å². The standard InChI is InChI=1S/C12H29N2OSi/c1-9(2)16(10(3)4)12(5,6)15-11(7-13)8-14/h9-11H,7-8,13-14H2,1-6H3/q+1. The Bertz CT molecular complexity index is 183. The molecule has 16 heavy (non-hydrogen) atoms. The number of ether oxygens (including phenoxy) is 1. The fraction of sp³-hybridized carbons (Fsp3) is 1.00. The van der Waals surface area contributed by atoms with Crippen molar-refractivity contribution in [1.29, 1.82) is 0 Å². The van der Waals surface area contributed by atoms with Gasteiger partial charge in [-0.15, -0.1) is 0 Å². The molecule has 0 bridgehead atoms. The Balaban J connectivity index is 4.70. The number of hydrogen-bond donors (Lipinski definition) is 2. The minimum atomic E-state index is -0.603. The van der Waals surface area contributed by atoms with Gasteiger partial charge in [0.1, 0.15) is 0 Å². The summed E-state index contributed by atoms with van der Waals surface area (Å²) in [5, 5.41) is -0.0730. The first kappa shape index (κ1) is 16.1. The summed E-state index contributed by atoms with van der Waals surface area (Å²) in [5.41, 5.74) is 12.7. The molecule has 0 saturated carbocycles. The molecule has 0 aromatic rings. The molecule has 0 radical (unpaired) electrons. The van der Waals surface area contributed by atoms with E-state index in [0.29, 0.717) is 24.2 Å². The molecule has 0 aromatic carbocycles. The van der Waals surface area contributed by atoms with Crippen molar-refractivity contribution in [3.63, 3.8) is 0 Å². The van der Waals surface area contributed by atoms with Crippen LogP contribution in [0.1, 0.15) is 41.5 Å². The fourth-order valence-electron chi connectivity index (χ4n) is 2.73. The molecule has 0 atom stereocenters. The summed E-state index contributed by atoms with van der Waals surface area (Å²) in [6, 6.07) is 0. The molecule has 0 saturated heterocycles. The molecule has 0 aromatic heterocycles. The smallest absolute Gasteiger partial charge is 0.341 e. The SMILES string of the molecule is CC(C)[Si+](C(C)C)C(C)(C)OC(CN)CN. The van der Waals surface area contributed by atoms with Gasteiger partial charge in [0.2, 0.25) is 0 Å². The molecule has 0 aliphatic carbocycles. The van der Waals surface area contributed by atoms with E-state index in [0.717, 1.165) is 0 Å². The molecule has 0 spiro atoms. The summed E-state index contributed by atoms with van der Waals surface area (Å²) >= 11 is 0. The van der Waals surface area contributed by atoms with E-state index in [4.69, 9.17) is 16.2 Å². The predicted octanol–water partition coefficient (Wildman–Crippen LogP) is 1.92. The van der Waals surface area contributed by atoms with Crippen molar-refractivity contribution in [3.05, 3.63) is 0 Å². The molecular weight excluding hydrogens is 216 g/mol. The molecule has 0 rings (SSSR count). The number of nitrogens with two attached hydrogens (primary N) is 2. The van der Waals surface area contributed by atoms with Crippen LogP contribution >= 0.6 is 0 Å². The molecular formula is C12H29N2OSi+. The molecule has 0 aliphatic rings. The highest BCUT2D eigenvalue weighted by molar-refractivity contribution is 6.64. The van der Waals surface area contributed by atoms with Crippen LogP contribution in [0.5, 0.6) is 0 Å².